The fourth-order valence-electron chi connectivity index (χ4n) is 0.117. The van der Waals surface area contributed by atoms with Gasteiger partial charge in [0.25, 0.3) is 0 Å². The average molecular weight is 121 g/mol. The van der Waals surface area contributed by atoms with Crippen molar-refractivity contribution in [3.05, 3.63) is 0 Å². The summed E-state index contributed by atoms with van der Waals surface area (Å²) in [5.41, 5.74) is 4.70. The molecular formula is C3H7NO2S. The van der Waals surface area contributed by atoms with Crippen molar-refractivity contribution < 1.29 is 8.98 Å². The first-order valence-corrected chi connectivity index (χ1v) is 2.86. The number of amides is 1. The first kappa shape index (κ1) is 6.78. The Morgan fingerprint density at radius 1 is 2.00 bits per heavy atom. The molecule has 2 N–H and O–H groups in total. The Morgan fingerprint density at radius 2 is 2.57 bits per heavy atom. The summed E-state index contributed by atoms with van der Waals surface area (Å²) in [5, 5.41) is 0. The molecule has 0 aliphatic rings. The monoisotopic (exact) mass is 121 g/mol. The van der Waals surface area contributed by atoms with E-state index in [0.717, 1.165) is 12.0 Å². The molecule has 0 aromatic carbocycles. The van der Waals surface area contributed by atoms with Gasteiger partial charge in [-0.05, 0) is 12.0 Å². The molecule has 4 heteroatoms. The molecule has 0 aliphatic carbocycles. The molecule has 1 amide bonds. The van der Waals surface area contributed by atoms with Gasteiger partial charge in [0.1, 0.15) is 6.61 Å². The van der Waals surface area contributed by atoms with Gasteiger partial charge in [0.05, 0.1) is 0 Å². The number of primary amides is 1. The molecule has 0 saturated carbocycles. The van der Waals surface area contributed by atoms with E-state index in [1.54, 1.807) is 6.26 Å². The zero-order valence-electron chi connectivity index (χ0n) is 4.01. The molecule has 0 rings (SSSR count). The fourth-order valence-corrected chi connectivity index (χ4v) is 0.351. The molecule has 0 heterocycles. The van der Waals surface area contributed by atoms with Crippen molar-refractivity contribution in [3.8, 4) is 0 Å². The van der Waals surface area contributed by atoms with Gasteiger partial charge in [-0.25, -0.2) is 0 Å². The van der Waals surface area contributed by atoms with E-state index in [1.807, 2.05) is 0 Å². The standard InChI is InChI=1S/C3H7NO2S/c1-7-6-2-3(4)5/h2H2,1H3,(H2,4,5). The van der Waals surface area contributed by atoms with E-state index in [0.29, 0.717) is 0 Å². The van der Waals surface area contributed by atoms with Gasteiger partial charge in [-0.3, -0.25) is 4.79 Å². The van der Waals surface area contributed by atoms with E-state index < -0.39 is 5.91 Å². The summed E-state index contributed by atoms with van der Waals surface area (Å²) in [7, 11) is 0. The smallest absolute Gasteiger partial charge is 0.244 e. The van der Waals surface area contributed by atoms with Gasteiger partial charge in [-0.15, -0.1) is 0 Å². The second kappa shape index (κ2) is 3.95. The number of carbonyl (C=O) groups excluding carboxylic acids is 1. The quantitative estimate of drug-likeness (QED) is 0.524. The second-order valence-corrected chi connectivity index (χ2v) is 1.46. The van der Waals surface area contributed by atoms with Gasteiger partial charge >= 0.3 is 0 Å². The molecule has 0 aromatic rings. The molecule has 0 spiro atoms. The Hall–Kier alpha value is -0.220. The SMILES string of the molecule is CSOCC(N)=O. The van der Waals surface area contributed by atoms with Crippen molar-refractivity contribution in [1.82, 2.24) is 0 Å². The molecule has 0 atom stereocenters. The van der Waals surface area contributed by atoms with Gasteiger partial charge in [-0.2, -0.15) is 0 Å². The zero-order chi connectivity index (χ0) is 5.70. The number of hydrogen-bond donors (Lipinski definition) is 1. The number of rotatable bonds is 3. The predicted octanol–water partition coefficient (Wildman–Crippen LogP) is -0.234. The van der Waals surface area contributed by atoms with Crippen LogP contribution in [0.25, 0.3) is 0 Å². The molecule has 0 saturated heterocycles. The summed E-state index contributed by atoms with van der Waals surface area (Å²) in [5.74, 6) is -0.436. The number of nitrogens with two attached hydrogens (primary N) is 1. The number of hydrogen-bond acceptors (Lipinski definition) is 3. The highest BCUT2D eigenvalue weighted by atomic mass is 32.2. The summed E-state index contributed by atoms with van der Waals surface area (Å²) in [6.07, 6.45) is 1.73. The third kappa shape index (κ3) is 5.78. The molecule has 0 bridgehead atoms. The van der Waals surface area contributed by atoms with E-state index in [4.69, 9.17) is 5.73 Å². The van der Waals surface area contributed by atoms with Crippen molar-refractivity contribution in [3.63, 3.8) is 0 Å². The van der Waals surface area contributed by atoms with Crippen molar-refractivity contribution in [1.29, 1.82) is 0 Å². The highest BCUT2D eigenvalue weighted by Gasteiger charge is 1.88. The maximum atomic E-state index is 9.84. The minimum atomic E-state index is -0.436. The van der Waals surface area contributed by atoms with Crippen LogP contribution in [0, 0.1) is 0 Å². The van der Waals surface area contributed by atoms with Gasteiger partial charge in [0.15, 0.2) is 0 Å². The van der Waals surface area contributed by atoms with Crippen molar-refractivity contribution in [2.24, 2.45) is 5.73 Å². The van der Waals surface area contributed by atoms with Crippen molar-refractivity contribution >= 4 is 17.9 Å². The molecule has 7 heavy (non-hydrogen) atoms. The Balaban J connectivity index is 2.82. The molecule has 3 nitrogen and oxygen atoms in total. The first-order valence-electron chi connectivity index (χ1n) is 1.71. The number of carbonyl (C=O) groups is 1. The van der Waals surface area contributed by atoms with Gasteiger partial charge in [0, 0.05) is 6.26 Å². The van der Waals surface area contributed by atoms with Crippen molar-refractivity contribution in [2.45, 2.75) is 0 Å². The van der Waals surface area contributed by atoms with Crippen LogP contribution in [0.1, 0.15) is 0 Å². The lowest BCUT2D eigenvalue weighted by atomic mass is 10.7. The lowest BCUT2D eigenvalue weighted by Gasteiger charge is -1.89. The Labute approximate surface area is 46.4 Å². The van der Waals surface area contributed by atoms with Gasteiger partial charge in [0.2, 0.25) is 5.91 Å². The van der Waals surface area contributed by atoms with Crippen LogP contribution >= 0.6 is 12.0 Å². The second-order valence-electron chi connectivity index (χ2n) is 0.895. The molecule has 0 unspecified atom stereocenters. The largest absolute Gasteiger partial charge is 0.368 e. The normalized spacial score (nSPS) is 8.71. The van der Waals surface area contributed by atoms with E-state index in [1.165, 1.54) is 0 Å². The topological polar surface area (TPSA) is 52.3 Å². The van der Waals surface area contributed by atoms with Crippen LogP contribution in [-0.2, 0) is 8.98 Å². The molecule has 42 valence electrons. The molecule has 0 aromatic heterocycles. The first-order chi connectivity index (χ1) is 3.27. The minimum Gasteiger partial charge on any atom is -0.368 e. The van der Waals surface area contributed by atoms with Crippen LogP contribution in [-0.4, -0.2) is 18.8 Å². The lowest BCUT2D eigenvalue weighted by Crippen LogP contribution is -2.15. The van der Waals surface area contributed by atoms with E-state index in [-0.39, 0.29) is 6.61 Å². The molecule has 0 fully saturated rings. The summed E-state index contributed by atoms with van der Waals surface area (Å²) in [6, 6.07) is 0. The summed E-state index contributed by atoms with van der Waals surface area (Å²) in [4.78, 5) is 9.84. The van der Waals surface area contributed by atoms with E-state index in [2.05, 4.69) is 4.18 Å². The summed E-state index contributed by atoms with van der Waals surface area (Å²) in [6.45, 7) is 0.00116. The Kier molecular flexibility index (Phi) is 3.83. The predicted molar refractivity (Wildman–Crippen MR) is 28.7 cm³/mol. The van der Waals surface area contributed by atoms with Crippen LogP contribution in [0.3, 0.4) is 0 Å². The van der Waals surface area contributed by atoms with E-state index in [9.17, 15) is 4.79 Å². The fraction of sp³-hybridized carbons (Fsp3) is 0.667. The van der Waals surface area contributed by atoms with Crippen LogP contribution in [0.4, 0.5) is 0 Å². The minimum absolute atomic E-state index is 0.00116. The summed E-state index contributed by atoms with van der Waals surface area (Å²) >= 11 is 1.13. The highest BCUT2D eigenvalue weighted by Crippen LogP contribution is 1.90. The maximum Gasteiger partial charge on any atom is 0.244 e. The van der Waals surface area contributed by atoms with Crippen LogP contribution in [0.15, 0.2) is 0 Å². The Morgan fingerprint density at radius 3 is 2.71 bits per heavy atom. The molecule has 0 aliphatic heterocycles. The van der Waals surface area contributed by atoms with E-state index >= 15 is 0 Å². The van der Waals surface area contributed by atoms with Crippen molar-refractivity contribution in [2.75, 3.05) is 12.9 Å². The third-order valence-electron chi connectivity index (χ3n) is 0.319. The van der Waals surface area contributed by atoms with Gasteiger partial charge < -0.3 is 9.92 Å². The van der Waals surface area contributed by atoms with Crippen LogP contribution in [0.5, 0.6) is 0 Å². The Bertz CT molecular complexity index is 66.0. The van der Waals surface area contributed by atoms with Gasteiger partial charge in [-0.1, -0.05) is 0 Å². The average Bonchev–Trinajstić information content (AvgIpc) is 1.61. The van der Waals surface area contributed by atoms with Crippen LogP contribution in [0.2, 0.25) is 0 Å². The van der Waals surface area contributed by atoms with Crippen LogP contribution < -0.4 is 5.73 Å². The third-order valence-corrected chi connectivity index (χ3v) is 0.673. The lowest BCUT2D eigenvalue weighted by molar-refractivity contribution is -0.119. The highest BCUT2D eigenvalue weighted by molar-refractivity contribution is 7.93. The summed E-state index contributed by atoms with van der Waals surface area (Å²) < 4.78 is 4.54. The maximum absolute atomic E-state index is 9.84. The zero-order valence-corrected chi connectivity index (χ0v) is 4.83. The molecular weight excluding hydrogens is 114 g/mol. The molecule has 0 radical (unpaired) electrons.